The van der Waals surface area contributed by atoms with Crippen LogP contribution in [0.25, 0.3) is 0 Å². The highest BCUT2D eigenvalue weighted by molar-refractivity contribution is 14.1. The molecule has 1 N–H and O–H groups in total. The SMILES string of the molecule is CC(C)(C)/C(C=N)=C/N=CI. The van der Waals surface area contributed by atoms with Crippen molar-refractivity contribution in [3.8, 4) is 0 Å². The minimum atomic E-state index is 0.0187. The molecular weight excluding hydrogens is 251 g/mol. The number of rotatable bonds is 2. The van der Waals surface area contributed by atoms with Gasteiger partial charge in [0.2, 0.25) is 0 Å². The van der Waals surface area contributed by atoms with Crippen LogP contribution in [0.4, 0.5) is 0 Å². The quantitative estimate of drug-likeness (QED) is 0.588. The maximum Gasteiger partial charge on any atom is 0.0651 e. The van der Waals surface area contributed by atoms with Crippen molar-refractivity contribution in [2.75, 3.05) is 0 Å². The topological polar surface area (TPSA) is 36.2 Å². The molecule has 0 heterocycles. The lowest BCUT2D eigenvalue weighted by Gasteiger charge is -2.17. The fraction of sp³-hybridized carbons (Fsp3) is 0.500. The van der Waals surface area contributed by atoms with Gasteiger partial charge in [0.25, 0.3) is 0 Å². The van der Waals surface area contributed by atoms with E-state index in [1.165, 1.54) is 6.21 Å². The van der Waals surface area contributed by atoms with Gasteiger partial charge in [-0.25, -0.2) is 0 Å². The summed E-state index contributed by atoms with van der Waals surface area (Å²) in [4.78, 5) is 3.96. The molecule has 0 unspecified atom stereocenters. The summed E-state index contributed by atoms with van der Waals surface area (Å²) in [6, 6.07) is 0. The highest BCUT2D eigenvalue weighted by Gasteiger charge is 2.13. The van der Waals surface area contributed by atoms with Crippen molar-refractivity contribution in [3.05, 3.63) is 11.8 Å². The summed E-state index contributed by atoms with van der Waals surface area (Å²) in [5.74, 6) is 0. The number of allylic oxidation sites excluding steroid dienone is 1. The van der Waals surface area contributed by atoms with E-state index in [4.69, 9.17) is 5.41 Å². The second-order valence-electron chi connectivity index (χ2n) is 3.23. The van der Waals surface area contributed by atoms with E-state index < -0.39 is 0 Å². The first kappa shape index (κ1) is 10.8. The summed E-state index contributed by atoms with van der Waals surface area (Å²) < 4.78 is 1.69. The summed E-state index contributed by atoms with van der Waals surface area (Å²) in [5, 5.41) is 7.12. The van der Waals surface area contributed by atoms with Gasteiger partial charge < -0.3 is 5.41 Å². The van der Waals surface area contributed by atoms with Gasteiger partial charge in [-0.15, -0.1) is 0 Å². The summed E-state index contributed by atoms with van der Waals surface area (Å²) in [6.07, 6.45) is 3.07. The van der Waals surface area contributed by atoms with Crippen LogP contribution in [0.2, 0.25) is 0 Å². The van der Waals surface area contributed by atoms with Gasteiger partial charge in [-0.2, -0.15) is 0 Å². The molecule has 0 saturated heterocycles. The van der Waals surface area contributed by atoms with Crippen molar-refractivity contribution >= 4 is 33.0 Å². The number of aliphatic imine (C=N–C) groups is 1. The Bertz CT molecular complexity index is 187. The molecule has 3 heteroatoms. The third-order valence-electron chi connectivity index (χ3n) is 1.29. The monoisotopic (exact) mass is 264 g/mol. The smallest absolute Gasteiger partial charge is 0.0651 e. The van der Waals surface area contributed by atoms with Crippen molar-refractivity contribution in [3.63, 3.8) is 0 Å². The lowest BCUT2D eigenvalue weighted by molar-refractivity contribution is 0.525. The molecule has 0 spiro atoms. The third kappa shape index (κ3) is 4.29. The molecule has 62 valence electrons. The Kier molecular flexibility index (Phi) is 4.56. The average molecular weight is 264 g/mol. The molecule has 0 aromatic heterocycles. The Labute approximate surface area is 81.4 Å². The van der Waals surface area contributed by atoms with E-state index in [2.05, 4.69) is 48.4 Å². The molecule has 0 aromatic rings. The largest absolute Gasteiger partial charge is 0.308 e. The second kappa shape index (κ2) is 4.64. The summed E-state index contributed by atoms with van der Waals surface area (Å²) in [7, 11) is 0. The molecule has 0 saturated carbocycles. The zero-order valence-electron chi connectivity index (χ0n) is 7.06. The molecule has 2 nitrogen and oxygen atoms in total. The number of halogens is 1. The van der Waals surface area contributed by atoms with Gasteiger partial charge in [0, 0.05) is 12.4 Å². The molecule has 0 radical (unpaired) electrons. The number of hydrogen-bond acceptors (Lipinski definition) is 2. The van der Waals surface area contributed by atoms with Crippen LogP contribution in [-0.4, -0.2) is 10.4 Å². The van der Waals surface area contributed by atoms with Crippen molar-refractivity contribution in [2.45, 2.75) is 20.8 Å². The fourth-order valence-electron chi connectivity index (χ4n) is 0.556. The Balaban J connectivity index is 4.53. The minimum absolute atomic E-state index is 0.0187. The van der Waals surface area contributed by atoms with Crippen molar-refractivity contribution in [1.29, 1.82) is 5.41 Å². The Morgan fingerprint density at radius 1 is 1.45 bits per heavy atom. The lowest BCUT2D eigenvalue weighted by atomic mass is 9.88. The lowest BCUT2D eigenvalue weighted by Crippen LogP contribution is -2.09. The summed E-state index contributed by atoms with van der Waals surface area (Å²) >= 11 is 2.05. The first-order chi connectivity index (χ1) is 5.02. The van der Waals surface area contributed by atoms with Crippen molar-refractivity contribution in [2.24, 2.45) is 10.4 Å². The Morgan fingerprint density at radius 3 is 2.27 bits per heavy atom. The van der Waals surface area contributed by atoms with Gasteiger partial charge in [0.15, 0.2) is 0 Å². The first-order valence-electron chi connectivity index (χ1n) is 3.35. The molecule has 0 amide bonds. The highest BCUT2D eigenvalue weighted by atomic mass is 127. The zero-order valence-corrected chi connectivity index (χ0v) is 9.21. The number of hydrogen-bond donors (Lipinski definition) is 1. The Morgan fingerprint density at radius 2 is 2.00 bits per heavy atom. The van der Waals surface area contributed by atoms with E-state index >= 15 is 0 Å². The molecule has 11 heavy (non-hydrogen) atoms. The molecule has 0 fully saturated rings. The van der Waals surface area contributed by atoms with Crippen LogP contribution in [0.1, 0.15) is 20.8 Å². The average Bonchev–Trinajstić information content (AvgIpc) is 1.87. The maximum absolute atomic E-state index is 7.12. The normalized spacial score (nSPS) is 14.0. The molecule has 0 bridgehead atoms. The van der Waals surface area contributed by atoms with Crippen LogP contribution in [0, 0.1) is 10.8 Å². The van der Waals surface area contributed by atoms with E-state index in [1.54, 1.807) is 10.4 Å². The van der Waals surface area contributed by atoms with Crippen LogP contribution in [0.5, 0.6) is 0 Å². The van der Waals surface area contributed by atoms with E-state index in [0.29, 0.717) is 0 Å². The molecular formula is C8H13IN2. The van der Waals surface area contributed by atoms with Crippen molar-refractivity contribution < 1.29 is 0 Å². The minimum Gasteiger partial charge on any atom is -0.308 e. The van der Waals surface area contributed by atoms with E-state index in [1.807, 2.05) is 0 Å². The van der Waals surface area contributed by atoms with Gasteiger partial charge in [-0.05, 0) is 33.6 Å². The predicted octanol–water partition coefficient (Wildman–Crippen LogP) is 3.03. The summed E-state index contributed by atoms with van der Waals surface area (Å²) in [6.45, 7) is 6.19. The highest BCUT2D eigenvalue weighted by Crippen LogP contribution is 2.22. The number of nitrogens with zero attached hydrogens (tertiary/aromatic N) is 1. The number of nitrogens with one attached hydrogen (secondary N) is 1. The van der Waals surface area contributed by atoms with Gasteiger partial charge >= 0.3 is 0 Å². The fourth-order valence-corrected chi connectivity index (χ4v) is 0.717. The maximum atomic E-state index is 7.12. The van der Waals surface area contributed by atoms with Crippen LogP contribution < -0.4 is 0 Å². The third-order valence-corrected chi connectivity index (χ3v) is 1.61. The van der Waals surface area contributed by atoms with Crippen LogP contribution >= 0.6 is 22.6 Å². The molecule has 0 aromatic carbocycles. The van der Waals surface area contributed by atoms with Gasteiger partial charge in [0.05, 0.1) is 4.22 Å². The molecule has 0 aliphatic carbocycles. The van der Waals surface area contributed by atoms with Crippen LogP contribution in [0.15, 0.2) is 16.8 Å². The van der Waals surface area contributed by atoms with E-state index in [9.17, 15) is 0 Å². The molecule has 0 atom stereocenters. The molecule has 0 aliphatic heterocycles. The first-order valence-corrected chi connectivity index (χ1v) is 4.60. The van der Waals surface area contributed by atoms with Gasteiger partial charge in [-0.3, -0.25) is 4.99 Å². The van der Waals surface area contributed by atoms with E-state index in [0.717, 1.165) is 5.57 Å². The Hall–Kier alpha value is -0.190. The summed E-state index contributed by atoms with van der Waals surface area (Å²) in [5.41, 5.74) is 0.954. The van der Waals surface area contributed by atoms with Gasteiger partial charge in [-0.1, -0.05) is 20.8 Å². The molecule has 0 aliphatic rings. The standard InChI is InChI=1S/C8H13IN2/c1-8(2,3)7(4-10)5-11-6-9/h4-6,10H,1-3H3/b7-5+,10-4?,11-6?. The zero-order chi connectivity index (χ0) is 8.91. The van der Waals surface area contributed by atoms with Crippen LogP contribution in [0.3, 0.4) is 0 Å². The van der Waals surface area contributed by atoms with Gasteiger partial charge in [0.1, 0.15) is 0 Å². The van der Waals surface area contributed by atoms with Crippen molar-refractivity contribution in [1.82, 2.24) is 0 Å². The predicted molar refractivity (Wildman–Crippen MR) is 58.8 cm³/mol. The molecule has 0 rings (SSSR count). The second-order valence-corrected chi connectivity index (χ2v) is 3.78. The van der Waals surface area contributed by atoms with E-state index in [-0.39, 0.29) is 5.41 Å². The van der Waals surface area contributed by atoms with Crippen LogP contribution in [-0.2, 0) is 0 Å².